The highest BCUT2D eigenvalue weighted by atomic mass is 35.5. The van der Waals surface area contributed by atoms with Crippen molar-refractivity contribution in [3.63, 3.8) is 0 Å². The van der Waals surface area contributed by atoms with Gasteiger partial charge in [-0.1, -0.05) is 59.6 Å². The van der Waals surface area contributed by atoms with E-state index in [2.05, 4.69) is 15.6 Å². The Morgan fingerprint density at radius 2 is 1.83 bits per heavy atom. The smallest absolute Gasteiger partial charge is 0.410 e. The molecule has 0 spiro atoms. The molecule has 0 unspecified atom stereocenters. The van der Waals surface area contributed by atoms with Crippen LogP contribution in [0.5, 0.6) is 0 Å². The number of halogens is 1. The van der Waals surface area contributed by atoms with Crippen LogP contribution in [0.3, 0.4) is 0 Å². The standard InChI is InChI=1S/C28H31ClN4O3/c1-20-6-8-22(9-7-20)19-36-28(35)33-14-11-21(12-15-33)17-32-27(34)23-10-13-30-26(16-23)31-18-24-4-2-3-5-25(24)29/h2-10,13,16,21H,11-12,14-15,17-19H2,1H3,(H,30,31)(H,32,34). The molecule has 8 heteroatoms. The molecule has 2 amide bonds. The summed E-state index contributed by atoms with van der Waals surface area (Å²) in [6.45, 7) is 4.63. The van der Waals surface area contributed by atoms with Crippen molar-refractivity contribution in [2.75, 3.05) is 25.0 Å². The summed E-state index contributed by atoms with van der Waals surface area (Å²) in [6.07, 6.45) is 2.97. The molecule has 1 fully saturated rings. The van der Waals surface area contributed by atoms with Crippen LogP contribution in [-0.2, 0) is 17.9 Å². The lowest BCUT2D eigenvalue weighted by Gasteiger charge is -2.31. The van der Waals surface area contributed by atoms with Gasteiger partial charge in [0.05, 0.1) is 0 Å². The summed E-state index contributed by atoms with van der Waals surface area (Å²) in [6, 6.07) is 19.0. The highest BCUT2D eigenvalue weighted by molar-refractivity contribution is 6.31. The minimum absolute atomic E-state index is 0.141. The first kappa shape index (κ1) is 25.5. The average Bonchev–Trinajstić information content (AvgIpc) is 2.91. The average molecular weight is 507 g/mol. The molecule has 188 valence electrons. The van der Waals surface area contributed by atoms with Crippen molar-refractivity contribution < 1.29 is 14.3 Å². The number of hydrogen-bond donors (Lipinski definition) is 2. The van der Waals surface area contributed by atoms with Gasteiger partial charge in [-0.15, -0.1) is 0 Å². The molecule has 7 nitrogen and oxygen atoms in total. The first-order valence-electron chi connectivity index (χ1n) is 12.2. The van der Waals surface area contributed by atoms with E-state index in [0.29, 0.717) is 48.5 Å². The highest BCUT2D eigenvalue weighted by Crippen LogP contribution is 2.19. The number of carbonyl (C=O) groups excluding carboxylic acids is 2. The number of pyridine rings is 1. The van der Waals surface area contributed by atoms with Gasteiger partial charge in [0.1, 0.15) is 12.4 Å². The topological polar surface area (TPSA) is 83.6 Å². The lowest BCUT2D eigenvalue weighted by molar-refractivity contribution is 0.0801. The van der Waals surface area contributed by atoms with Crippen LogP contribution in [0.4, 0.5) is 10.6 Å². The maximum Gasteiger partial charge on any atom is 0.410 e. The molecule has 1 saturated heterocycles. The predicted octanol–water partition coefficient (Wildman–Crippen LogP) is 5.43. The summed E-state index contributed by atoms with van der Waals surface area (Å²) in [5.41, 5.74) is 3.66. The number of likely N-dealkylation sites (tertiary alicyclic amines) is 1. The lowest BCUT2D eigenvalue weighted by Crippen LogP contribution is -2.41. The van der Waals surface area contributed by atoms with Crippen LogP contribution in [0, 0.1) is 12.8 Å². The van der Waals surface area contributed by atoms with Crippen molar-refractivity contribution >= 4 is 29.4 Å². The van der Waals surface area contributed by atoms with E-state index in [-0.39, 0.29) is 18.6 Å². The fourth-order valence-electron chi connectivity index (χ4n) is 4.08. The summed E-state index contributed by atoms with van der Waals surface area (Å²) in [4.78, 5) is 31.2. The van der Waals surface area contributed by atoms with Gasteiger partial charge < -0.3 is 20.3 Å². The number of rotatable bonds is 8. The van der Waals surface area contributed by atoms with Crippen molar-refractivity contribution in [2.24, 2.45) is 5.92 Å². The molecule has 1 aliphatic rings. The van der Waals surface area contributed by atoms with Crippen LogP contribution in [0.15, 0.2) is 66.9 Å². The summed E-state index contributed by atoms with van der Waals surface area (Å²) >= 11 is 6.21. The molecule has 4 rings (SSSR count). The minimum atomic E-state index is -0.285. The number of piperidine rings is 1. The monoisotopic (exact) mass is 506 g/mol. The predicted molar refractivity (Wildman–Crippen MR) is 141 cm³/mol. The second-order valence-electron chi connectivity index (χ2n) is 9.06. The molecular formula is C28H31ClN4O3. The van der Waals surface area contributed by atoms with E-state index in [0.717, 1.165) is 24.0 Å². The van der Waals surface area contributed by atoms with Gasteiger partial charge in [-0.3, -0.25) is 4.79 Å². The second-order valence-corrected chi connectivity index (χ2v) is 9.46. The number of nitrogens with one attached hydrogen (secondary N) is 2. The summed E-state index contributed by atoms with van der Waals surface area (Å²) < 4.78 is 5.46. The Bertz CT molecular complexity index is 1180. The third-order valence-electron chi connectivity index (χ3n) is 6.35. The Balaban J connectivity index is 1.18. The van der Waals surface area contributed by atoms with Crippen molar-refractivity contribution in [3.8, 4) is 0 Å². The molecule has 2 N–H and O–H groups in total. The normalized spacial score (nSPS) is 13.8. The number of benzene rings is 2. The van der Waals surface area contributed by atoms with E-state index in [1.165, 1.54) is 5.56 Å². The number of hydrogen-bond acceptors (Lipinski definition) is 5. The third-order valence-corrected chi connectivity index (χ3v) is 6.72. The Kier molecular flexibility index (Phi) is 8.79. The van der Waals surface area contributed by atoms with Crippen LogP contribution < -0.4 is 10.6 Å². The maximum atomic E-state index is 12.7. The first-order chi connectivity index (χ1) is 17.5. The number of anilines is 1. The SMILES string of the molecule is Cc1ccc(COC(=O)N2CCC(CNC(=O)c3ccnc(NCc4ccccc4Cl)c3)CC2)cc1. The minimum Gasteiger partial charge on any atom is -0.445 e. The fourth-order valence-corrected chi connectivity index (χ4v) is 4.28. The van der Waals surface area contributed by atoms with Gasteiger partial charge in [0, 0.05) is 43.0 Å². The van der Waals surface area contributed by atoms with E-state index in [1.54, 1.807) is 23.2 Å². The Labute approximate surface area is 216 Å². The van der Waals surface area contributed by atoms with Crippen LogP contribution in [0.2, 0.25) is 5.02 Å². The molecule has 3 aromatic rings. The lowest BCUT2D eigenvalue weighted by atomic mass is 9.97. The molecule has 0 bridgehead atoms. The quantitative estimate of drug-likeness (QED) is 0.425. The molecule has 36 heavy (non-hydrogen) atoms. The third kappa shape index (κ3) is 7.21. The van der Waals surface area contributed by atoms with E-state index >= 15 is 0 Å². The zero-order chi connectivity index (χ0) is 25.3. The Morgan fingerprint density at radius 3 is 2.58 bits per heavy atom. The zero-order valence-corrected chi connectivity index (χ0v) is 21.1. The zero-order valence-electron chi connectivity index (χ0n) is 20.4. The van der Waals surface area contributed by atoms with Gasteiger partial charge in [0.25, 0.3) is 5.91 Å². The number of carbonyl (C=O) groups is 2. The van der Waals surface area contributed by atoms with Gasteiger partial charge in [-0.2, -0.15) is 0 Å². The first-order valence-corrected chi connectivity index (χ1v) is 12.5. The molecule has 2 heterocycles. The molecule has 0 saturated carbocycles. The van der Waals surface area contributed by atoms with Crippen LogP contribution in [0.1, 0.15) is 39.9 Å². The second kappa shape index (κ2) is 12.4. The number of aryl methyl sites for hydroxylation is 1. The fraction of sp³-hybridized carbons (Fsp3) is 0.321. The molecule has 1 aliphatic heterocycles. The van der Waals surface area contributed by atoms with Crippen molar-refractivity contribution in [1.82, 2.24) is 15.2 Å². The molecule has 1 aromatic heterocycles. The van der Waals surface area contributed by atoms with Crippen molar-refractivity contribution in [1.29, 1.82) is 0 Å². The largest absolute Gasteiger partial charge is 0.445 e. The summed E-state index contributed by atoms with van der Waals surface area (Å²) in [5, 5.41) is 6.92. The number of nitrogens with zero attached hydrogens (tertiary/aromatic N) is 2. The van der Waals surface area contributed by atoms with Gasteiger partial charge >= 0.3 is 6.09 Å². The Hall–Kier alpha value is -3.58. The number of amides is 2. The summed E-state index contributed by atoms with van der Waals surface area (Å²) in [7, 11) is 0. The van der Waals surface area contributed by atoms with Crippen LogP contribution in [0.25, 0.3) is 0 Å². The highest BCUT2D eigenvalue weighted by Gasteiger charge is 2.24. The van der Waals surface area contributed by atoms with Gasteiger partial charge in [0.2, 0.25) is 0 Å². The van der Waals surface area contributed by atoms with Crippen LogP contribution >= 0.6 is 11.6 Å². The van der Waals surface area contributed by atoms with Gasteiger partial charge in [-0.25, -0.2) is 9.78 Å². The van der Waals surface area contributed by atoms with Crippen LogP contribution in [-0.4, -0.2) is 41.5 Å². The molecule has 0 aliphatic carbocycles. The number of aromatic nitrogens is 1. The molecular weight excluding hydrogens is 476 g/mol. The van der Waals surface area contributed by atoms with E-state index < -0.39 is 0 Å². The van der Waals surface area contributed by atoms with Crippen molar-refractivity contribution in [2.45, 2.75) is 32.9 Å². The molecule has 2 aromatic carbocycles. The van der Waals surface area contributed by atoms with E-state index in [1.807, 2.05) is 55.5 Å². The van der Waals surface area contributed by atoms with E-state index in [9.17, 15) is 9.59 Å². The van der Waals surface area contributed by atoms with Gasteiger partial charge in [-0.05, 0) is 55.0 Å². The van der Waals surface area contributed by atoms with Gasteiger partial charge in [0.15, 0.2) is 0 Å². The summed E-state index contributed by atoms with van der Waals surface area (Å²) in [5.74, 6) is 0.785. The molecule has 0 radical (unpaired) electrons. The maximum absolute atomic E-state index is 12.7. The van der Waals surface area contributed by atoms with Crippen molar-refractivity contribution in [3.05, 3.63) is 94.1 Å². The van der Waals surface area contributed by atoms with E-state index in [4.69, 9.17) is 16.3 Å². The Morgan fingerprint density at radius 1 is 1.08 bits per heavy atom. The molecule has 0 atom stereocenters. The number of ether oxygens (including phenoxy) is 1.